The molecule has 174 valence electrons. The van der Waals surface area contributed by atoms with Gasteiger partial charge in [0.15, 0.2) is 0 Å². The van der Waals surface area contributed by atoms with E-state index >= 15 is 0 Å². The average Bonchev–Trinajstić information content (AvgIpc) is 2.73. The van der Waals surface area contributed by atoms with Gasteiger partial charge >= 0.3 is 0 Å². The molecule has 0 radical (unpaired) electrons. The quantitative estimate of drug-likeness (QED) is 0.587. The Labute approximate surface area is 189 Å². The molecular weight excluding hydrogens is 433 g/mol. The Bertz CT molecular complexity index is 1060. The number of nitrogens with zero attached hydrogens (tertiary/aromatic N) is 2. The molecule has 0 saturated heterocycles. The van der Waals surface area contributed by atoms with E-state index < -0.39 is 34.3 Å². The van der Waals surface area contributed by atoms with Crippen molar-refractivity contribution in [1.82, 2.24) is 10.2 Å². The van der Waals surface area contributed by atoms with E-state index in [1.807, 2.05) is 31.2 Å². The van der Waals surface area contributed by atoms with E-state index in [-0.39, 0.29) is 18.1 Å². The second kappa shape index (κ2) is 11.1. The predicted molar refractivity (Wildman–Crippen MR) is 123 cm³/mol. The Balaban J connectivity index is 2.46. The fourth-order valence-electron chi connectivity index (χ4n) is 3.43. The number of rotatable bonds is 10. The molecule has 32 heavy (non-hydrogen) atoms. The third-order valence-corrected chi connectivity index (χ3v) is 6.27. The van der Waals surface area contributed by atoms with Crippen LogP contribution in [0.3, 0.4) is 0 Å². The summed E-state index contributed by atoms with van der Waals surface area (Å²) in [5.41, 5.74) is 1.55. The molecule has 0 spiro atoms. The maximum Gasteiger partial charge on any atom is 0.244 e. The number of para-hydroxylation sites is 1. The first kappa shape index (κ1) is 25.3. The summed E-state index contributed by atoms with van der Waals surface area (Å²) in [6, 6.07) is 12.0. The van der Waals surface area contributed by atoms with Gasteiger partial charge in [0.05, 0.1) is 11.9 Å². The first-order valence-electron chi connectivity index (χ1n) is 10.4. The number of amides is 2. The van der Waals surface area contributed by atoms with Crippen molar-refractivity contribution in [3.8, 4) is 0 Å². The lowest BCUT2D eigenvalue weighted by Gasteiger charge is -2.33. The molecule has 0 aliphatic carbocycles. The van der Waals surface area contributed by atoms with Crippen LogP contribution >= 0.6 is 0 Å². The molecule has 0 heterocycles. The Morgan fingerprint density at radius 2 is 1.69 bits per heavy atom. The van der Waals surface area contributed by atoms with Crippen molar-refractivity contribution in [2.24, 2.45) is 0 Å². The van der Waals surface area contributed by atoms with Crippen LogP contribution in [0.2, 0.25) is 0 Å². The average molecular weight is 464 g/mol. The molecule has 0 bridgehead atoms. The van der Waals surface area contributed by atoms with Crippen LogP contribution in [0.4, 0.5) is 10.1 Å². The highest BCUT2D eigenvalue weighted by molar-refractivity contribution is 7.92. The van der Waals surface area contributed by atoms with Crippen LogP contribution in [0.25, 0.3) is 0 Å². The lowest BCUT2D eigenvalue weighted by Crippen LogP contribution is -2.52. The standard InChI is InChI=1S/C23H30FN3O4S/c1-5-20(23(29)25-6-2)26(15-18-12-8-7-11-17(18)3)22(28)16-27(32(4,30)31)21-14-10-9-13-19(21)24/h7-14,20H,5-6,15-16H2,1-4H3,(H,25,29). The van der Waals surface area contributed by atoms with Gasteiger partial charge in [-0.15, -0.1) is 0 Å². The molecule has 1 unspecified atom stereocenters. The lowest BCUT2D eigenvalue weighted by atomic mass is 10.1. The highest BCUT2D eigenvalue weighted by Crippen LogP contribution is 2.23. The van der Waals surface area contributed by atoms with Crippen LogP contribution in [0.15, 0.2) is 48.5 Å². The van der Waals surface area contributed by atoms with Crippen molar-refractivity contribution >= 4 is 27.5 Å². The number of aryl methyl sites for hydroxylation is 1. The van der Waals surface area contributed by atoms with Gasteiger partial charge in [-0.05, 0) is 43.5 Å². The van der Waals surface area contributed by atoms with Crippen molar-refractivity contribution in [3.05, 3.63) is 65.5 Å². The van der Waals surface area contributed by atoms with E-state index in [9.17, 15) is 22.4 Å². The zero-order valence-corrected chi connectivity index (χ0v) is 19.7. The molecule has 1 N–H and O–H groups in total. The second-order valence-electron chi connectivity index (χ2n) is 7.49. The molecule has 0 aliphatic heterocycles. The van der Waals surface area contributed by atoms with Crippen molar-refractivity contribution in [2.45, 2.75) is 39.8 Å². The van der Waals surface area contributed by atoms with Crippen molar-refractivity contribution < 1.29 is 22.4 Å². The maximum absolute atomic E-state index is 14.4. The molecule has 0 saturated carbocycles. The first-order valence-corrected chi connectivity index (χ1v) is 12.3. The Hall–Kier alpha value is -2.94. The van der Waals surface area contributed by atoms with E-state index in [0.717, 1.165) is 27.8 Å². The number of likely N-dealkylation sites (N-methyl/N-ethyl adjacent to an activating group) is 1. The fourth-order valence-corrected chi connectivity index (χ4v) is 4.28. The van der Waals surface area contributed by atoms with Gasteiger partial charge in [0.1, 0.15) is 18.4 Å². The van der Waals surface area contributed by atoms with Gasteiger partial charge in [0.2, 0.25) is 21.8 Å². The summed E-state index contributed by atoms with van der Waals surface area (Å²) in [5, 5.41) is 2.73. The zero-order valence-electron chi connectivity index (χ0n) is 18.8. The largest absolute Gasteiger partial charge is 0.355 e. The summed E-state index contributed by atoms with van der Waals surface area (Å²) in [5.74, 6) is -1.68. The van der Waals surface area contributed by atoms with E-state index in [1.54, 1.807) is 13.8 Å². The van der Waals surface area contributed by atoms with Gasteiger partial charge in [-0.2, -0.15) is 0 Å². The normalized spacial score (nSPS) is 12.2. The van der Waals surface area contributed by atoms with Crippen LogP contribution in [-0.2, 0) is 26.2 Å². The summed E-state index contributed by atoms with van der Waals surface area (Å²) in [6.45, 7) is 5.35. The topological polar surface area (TPSA) is 86.8 Å². The smallest absolute Gasteiger partial charge is 0.244 e. The number of benzene rings is 2. The van der Waals surface area contributed by atoms with Gasteiger partial charge < -0.3 is 10.2 Å². The van der Waals surface area contributed by atoms with Gasteiger partial charge in [-0.3, -0.25) is 13.9 Å². The molecule has 2 aromatic rings. The summed E-state index contributed by atoms with van der Waals surface area (Å²) in [7, 11) is -3.97. The number of halogens is 1. The van der Waals surface area contributed by atoms with Crippen LogP contribution in [0.5, 0.6) is 0 Å². The van der Waals surface area contributed by atoms with Gasteiger partial charge in [-0.25, -0.2) is 12.8 Å². The number of nitrogens with one attached hydrogen (secondary N) is 1. The Morgan fingerprint density at radius 1 is 1.06 bits per heavy atom. The van der Waals surface area contributed by atoms with Gasteiger partial charge in [0, 0.05) is 13.1 Å². The minimum atomic E-state index is -3.97. The zero-order chi connectivity index (χ0) is 23.9. The van der Waals surface area contributed by atoms with E-state index in [2.05, 4.69) is 5.32 Å². The number of carbonyl (C=O) groups excluding carboxylic acids is 2. The molecule has 7 nitrogen and oxygen atoms in total. The molecule has 9 heteroatoms. The summed E-state index contributed by atoms with van der Waals surface area (Å²) >= 11 is 0. The number of sulfonamides is 1. The molecule has 0 aromatic heterocycles. The third kappa shape index (κ3) is 6.29. The predicted octanol–water partition coefficient (Wildman–Crippen LogP) is 2.84. The van der Waals surface area contributed by atoms with E-state index in [0.29, 0.717) is 13.0 Å². The number of anilines is 1. The third-order valence-electron chi connectivity index (χ3n) is 5.14. The number of hydrogen-bond donors (Lipinski definition) is 1. The SMILES string of the molecule is CCNC(=O)C(CC)N(Cc1ccccc1C)C(=O)CN(c1ccccc1F)S(C)(=O)=O. The maximum atomic E-state index is 14.4. The minimum absolute atomic E-state index is 0.121. The Morgan fingerprint density at radius 3 is 2.25 bits per heavy atom. The second-order valence-corrected chi connectivity index (χ2v) is 9.39. The van der Waals surface area contributed by atoms with Crippen molar-refractivity contribution in [2.75, 3.05) is 23.7 Å². The first-order chi connectivity index (χ1) is 15.1. The fraction of sp³-hybridized carbons (Fsp3) is 0.391. The van der Waals surface area contributed by atoms with Crippen LogP contribution in [-0.4, -0.2) is 50.5 Å². The van der Waals surface area contributed by atoms with Crippen molar-refractivity contribution in [1.29, 1.82) is 0 Å². The van der Waals surface area contributed by atoms with E-state index in [4.69, 9.17) is 0 Å². The number of hydrogen-bond acceptors (Lipinski definition) is 4. The van der Waals surface area contributed by atoms with Gasteiger partial charge in [0.25, 0.3) is 0 Å². The minimum Gasteiger partial charge on any atom is -0.355 e. The molecule has 0 aliphatic rings. The van der Waals surface area contributed by atoms with Crippen LogP contribution in [0, 0.1) is 12.7 Å². The molecule has 2 aromatic carbocycles. The molecule has 2 rings (SSSR count). The summed E-state index contributed by atoms with van der Waals surface area (Å²) < 4.78 is 40.0. The van der Waals surface area contributed by atoms with Gasteiger partial charge in [-0.1, -0.05) is 43.3 Å². The summed E-state index contributed by atoms with van der Waals surface area (Å²) in [6.07, 6.45) is 1.25. The molecular formula is C23H30FN3O4S. The molecule has 2 amide bonds. The monoisotopic (exact) mass is 463 g/mol. The number of carbonyl (C=O) groups is 2. The highest BCUT2D eigenvalue weighted by Gasteiger charge is 2.32. The van der Waals surface area contributed by atoms with Crippen LogP contribution in [0.1, 0.15) is 31.4 Å². The van der Waals surface area contributed by atoms with E-state index in [1.165, 1.54) is 23.1 Å². The summed E-state index contributed by atoms with van der Waals surface area (Å²) in [4.78, 5) is 27.5. The van der Waals surface area contributed by atoms with Crippen LogP contribution < -0.4 is 9.62 Å². The molecule has 0 fully saturated rings. The highest BCUT2D eigenvalue weighted by atomic mass is 32.2. The Kier molecular flexibility index (Phi) is 8.77. The van der Waals surface area contributed by atoms with Crippen molar-refractivity contribution in [3.63, 3.8) is 0 Å². The molecule has 1 atom stereocenters. The lowest BCUT2D eigenvalue weighted by molar-refractivity contribution is -0.140.